The Morgan fingerprint density at radius 2 is 2.00 bits per heavy atom. The van der Waals surface area contributed by atoms with Crippen LogP contribution in [0.1, 0.15) is 45.1 Å². The fraction of sp³-hybridized carbons (Fsp3) is 0.684. The standard InChI is InChI=1S/C19H32N2O/c1-3-10-21-14-17(12-19(22)4-2)11-18(15-21)20-13-16-8-6-5-7-9-16/h5-9,17-20,22H,3-4,10-15H2,1-2H3. The van der Waals surface area contributed by atoms with E-state index < -0.39 is 0 Å². The summed E-state index contributed by atoms with van der Waals surface area (Å²) in [6, 6.07) is 11.2. The summed E-state index contributed by atoms with van der Waals surface area (Å²) in [6.07, 6.45) is 4.06. The van der Waals surface area contributed by atoms with Crippen LogP contribution in [0.2, 0.25) is 0 Å². The van der Waals surface area contributed by atoms with E-state index in [-0.39, 0.29) is 6.10 Å². The van der Waals surface area contributed by atoms with E-state index in [1.54, 1.807) is 0 Å². The van der Waals surface area contributed by atoms with Crippen LogP contribution in [0.3, 0.4) is 0 Å². The van der Waals surface area contributed by atoms with Gasteiger partial charge in [0.15, 0.2) is 0 Å². The van der Waals surface area contributed by atoms with Gasteiger partial charge in [0.1, 0.15) is 0 Å². The normalized spacial score (nSPS) is 24.3. The van der Waals surface area contributed by atoms with Crippen LogP contribution in [0, 0.1) is 5.92 Å². The zero-order valence-corrected chi connectivity index (χ0v) is 14.2. The maximum atomic E-state index is 9.98. The summed E-state index contributed by atoms with van der Waals surface area (Å²) in [5.41, 5.74) is 1.35. The smallest absolute Gasteiger partial charge is 0.0540 e. The van der Waals surface area contributed by atoms with Gasteiger partial charge in [-0.05, 0) is 43.7 Å². The minimum Gasteiger partial charge on any atom is -0.393 e. The third-order valence-corrected chi connectivity index (χ3v) is 4.67. The number of aliphatic hydroxyl groups excluding tert-OH is 1. The van der Waals surface area contributed by atoms with E-state index in [2.05, 4.69) is 54.4 Å². The molecule has 1 saturated heterocycles. The summed E-state index contributed by atoms with van der Waals surface area (Å²) >= 11 is 0. The molecule has 3 unspecified atom stereocenters. The van der Waals surface area contributed by atoms with Gasteiger partial charge < -0.3 is 15.3 Å². The van der Waals surface area contributed by atoms with Crippen LogP contribution in [0.25, 0.3) is 0 Å². The van der Waals surface area contributed by atoms with E-state index in [0.717, 1.165) is 32.5 Å². The van der Waals surface area contributed by atoms with E-state index in [9.17, 15) is 5.11 Å². The largest absolute Gasteiger partial charge is 0.393 e. The highest BCUT2D eigenvalue weighted by Crippen LogP contribution is 2.23. The van der Waals surface area contributed by atoms with Crippen molar-refractivity contribution in [2.45, 2.75) is 58.2 Å². The van der Waals surface area contributed by atoms with Crippen LogP contribution >= 0.6 is 0 Å². The molecular formula is C19H32N2O. The Bertz CT molecular complexity index is 409. The first-order valence-corrected chi connectivity index (χ1v) is 8.89. The van der Waals surface area contributed by atoms with E-state index >= 15 is 0 Å². The SMILES string of the molecule is CCCN1CC(CC(O)CC)CC(NCc2ccccc2)C1. The first kappa shape index (κ1) is 17.5. The van der Waals surface area contributed by atoms with Crippen LogP contribution in [0.15, 0.2) is 30.3 Å². The number of piperidine rings is 1. The van der Waals surface area contributed by atoms with E-state index in [1.165, 1.54) is 24.9 Å². The van der Waals surface area contributed by atoms with Gasteiger partial charge in [0.2, 0.25) is 0 Å². The van der Waals surface area contributed by atoms with Crippen molar-refractivity contribution in [3.8, 4) is 0 Å². The predicted molar refractivity (Wildman–Crippen MR) is 92.8 cm³/mol. The number of rotatable bonds is 8. The molecule has 0 aromatic heterocycles. The molecule has 0 amide bonds. The molecule has 0 radical (unpaired) electrons. The first-order chi connectivity index (χ1) is 10.7. The van der Waals surface area contributed by atoms with Crippen molar-refractivity contribution in [2.75, 3.05) is 19.6 Å². The van der Waals surface area contributed by atoms with Gasteiger partial charge in [-0.1, -0.05) is 44.2 Å². The Morgan fingerprint density at radius 1 is 1.23 bits per heavy atom. The summed E-state index contributed by atoms with van der Waals surface area (Å²) in [4.78, 5) is 2.57. The Balaban J connectivity index is 1.87. The quantitative estimate of drug-likeness (QED) is 0.775. The summed E-state index contributed by atoms with van der Waals surface area (Å²) < 4.78 is 0. The van der Waals surface area contributed by atoms with Crippen molar-refractivity contribution >= 4 is 0 Å². The van der Waals surface area contributed by atoms with Crippen LogP contribution in [0.4, 0.5) is 0 Å². The van der Waals surface area contributed by atoms with E-state index in [4.69, 9.17) is 0 Å². The third-order valence-electron chi connectivity index (χ3n) is 4.67. The molecule has 0 aliphatic carbocycles. The molecule has 0 spiro atoms. The molecule has 3 nitrogen and oxygen atoms in total. The number of likely N-dealkylation sites (tertiary alicyclic amines) is 1. The van der Waals surface area contributed by atoms with Crippen LogP contribution in [-0.2, 0) is 6.54 Å². The molecule has 0 saturated carbocycles. The molecule has 1 fully saturated rings. The topological polar surface area (TPSA) is 35.5 Å². The molecule has 1 aromatic rings. The molecule has 1 aliphatic heterocycles. The second-order valence-electron chi connectivity index (χ2n) is 6.72. The Labute approximate surface area is 135 Å². The van der Waals surface area contributed by atoms with E-state index in [0.29, 0.717) is 12.0 Å². The lowest BCUT2D eigenvalue weighted by atomic mass is 9.88. The molecule has 22 heavy (non-hydrogen) atoms. The van der Waals surface area contributed by atoms with Gasteiger partial charge in [-0.3, -0.25) is 0 Å². The molecule has 1 aromatic carbocycles. The van der Waals surface area contributed by atoms with Gasteiger partial charge in [-0.25, -0.2) is 0 Å². The fourth-order valence-electron chi connectivity index (χ4n) is 3.53. The summed E-state index contributed by atoms with van der Waals surface area (Å²) in [5.74, 6) is 0.614. The highest BCUT2D eigenvalue weighted by Gasteiger charge is 2.27. The predicted octanol–water partition coefficient (Wildman–Crippen LogP) is 3.04. The average molecular weight is 304 g/mol. The second-order valence-corrected chi connectivity index (χ2v) is 6.72. The Morgan fingerprint density at radius 3 is 2.68 bits per heavy atom. The Kier molecular flexibility index (Phi) is 7.37. The molecule has 1 aliphatic rings. The van der Waals surface area contributed by atoms with Crippen molar-refractivity contribution in [1.29, 1.82) is 0 Å². The Hall–Kier alpha value is -0.900. The van der Waals surface area contributed by atoms with Crippen LogP contribution in [-0.4, -0.2) is 41.8 Å². The van der Waals surface area contributed by atoms with Crippen molar-refractivity contribution in [1.82, 2.24) is 10.2 Å². The maximum Gasteiger partial charge on any atom is 0.0540 e. The first-order valence-electron chi connectivity index (χ1n) is 8.89. The summed E-state index contributed by atoms with van der Waals surface area (Å²) in [6.45, 7) is 8.71. The minimum atomic E-state index is -0.138. The molecular weight excluding hydrogens is 272 g/mol. The zero-order chi connectivity index (χ0) is 15.8. The number of hydrogen-bond donors (Lipinski definition) is 2. The van der Waals surface area contributed by atoms with Gasteiger partial charge in [0, 0.05) is 25.7 Å². The van der Waals surface area contributed by atoms with Crippen molar-refractivity contribution in [3.05, 3.63) is 35.9 Å². The maximum absolute atomic E-state index is 9.98. The lowest BCUT2D eigenvalue weighted by Gasteiger charge is -2.39. The molecule has 3 atom stereocenters. The van der Waals surface area contributed by atoms with Crippen LogP contribution in [0.5, 0.6) is 0 Å². The van der Waals surface area contributed by atoms with Gasteiger partial charge in [-0.2, -0.15) is 0 Å². The summed E-state index contributed by atoms with van der Waals surface area (Å²) in [7, 11) is 0. The van der Waals surface area contributed by atoms with Crippen molar-refractivity contribution in [3.63, 3.8) is 0 Å². The minimum absolute atomic E-state index is 0.138. The molecule has 2 rings (SSSR count). The highest BCUT2D eigenvalue weighted by molar-refractivity contribution is 5.14. The number of benzene rings is 1. The van der Waals surface area contributed by atoms with Gasteiger partial charge in [-0.15, -0.1) is 0 Å². The molecule has 124 valence electrons. The van der Waals surface area contributed by atoms with E-state index in [1.807, 2.05) is 0 Å². The lowest BCUT2D eigenvalue weighted by Crippen LogP contribution is -2.49. The zero-order valence-electron chi connectivity index (χ0n) is 14.2. The molecule has 2 N–H and O–H groups in total. The number of hydrogen-bond acceptors (Lipinski definition) is 3. The summed E-state index contributed by atoms with van der Waals surface area (Å²) in [5, 5.41) is 13.7. The highest BCUT2D eigenvalue weighted by atomic mass is 16.3. The fourth-order valence-corrected chi connectivity index (χ4v) is 3.53. The van der Waals surface area contributed by atoms with Gasteiger partial charge >= 0.3 is 0 Å². The van der Waals surface area contributed by atoms with Crippen molar-refractivity contribution in [2.24, 2.45) is 5.92 Å². The number of nitrogens with zero attached hydrogens (tertiary/aromatic N) is 1. The third kappa shape index (κ3) is 5.71. The molecule has 3 heteroatoms. The number of nitrogens with one attached hydrogen (secondary N) is 1. The van der Waals surface area contributed by atoms with Crippen LogP contribution < -0.4 is 5.32 Å². The molecule has 1 heterocycles. The lowest BCUT2D eigenvalue weighted by molar-refractivity contribution is 0.0835. The van der Waals surface area contributed by atoms with Crippen molar-refractivity contribution < 1.29 is 5.11 Å². The van der Waals surface area contributed by atoms with Gasteiger partial charge in [0.05, 0.1) is 6.10 Å². The average Bonchev–Trinajstić information content (AvgIpc) is 2.54. The monoisotopic (exact) mass is 304 g/mol. The number of aliphatic hydroxyl groups is 1. The van der Waals surface area contributed by atoms with Gasteiger partial charge in [0.25, 0.3) is 0 Å². The molecule has 0 bridgehead atoms. The second kappa shape index (κ2) is 9.29.